The van der Waals surface area contributed by atoms with Crippen LogP contribution in [-0.2, 0) is 9.59 Å². The van der Waals surface area contributed by atoms with E-state index in [2.05, 4.69) is 24.1 Å². The Bertz CT molecular complexity index is 1360. The Kier molecular flexibility index (Phi) is 9.42. The Hall–Kier alpha value is -3.90. The third kappa shape index (κ3) is 6.83. The summed E-state index contributed by atoms with van der Waals surface area (Å²) >= 11 is 1.29. The van der Waals surface area contributed by atoms with E-state index in [0.717, 1.165) is 24.2 Å². The standard InChI is InChI=1S/C27H29N3O5S/c1-3-30(4-2)20-10-9-18-15-22(27(34)35-23(18)16-20)24-12-11-21(36-24)14-19(17-28)26(33)29-13-7-5-6-8-25(31)32/h9-12,14-16H,3-8,13H2,1-2H3,(H,29,33)(H,31,32)/b19-14+. The Morgan fingerprint density at radius 3 is 2.61 bits per heavy atom. The number of nitrogens with one attached hydrogen (secondary N) is 1. The number of carbonyl (C=O) groups excluding carboxylic acids is 1. The highest BCUT2D eigenvalue weighted by Gasteiger charge is 2.14. The Morgan fingerprint density at radius 2 is 1.92 bits per heavy atom. The molecule has 9 heteroatoms. The van der Waals surface area contributed by atoms with Gasteiger partial charge in [0, 0.05) is 52.9 Å². The van der Waals surface area contributed by atoms with Crippen molar-refractivity contribution >= 4 is 45.9 Å². The maximum atomic E-state index is 12.7. The number of fused-ring (bicyclic) bond motifs is 1. The van der Waals surface area contributed by atoms with Gasteiger partial charge in [0.2, 0.25) is 0 Å². The monoisotopic (exact) mass is 507 g/mol. The third-order valence-corrected chi connectivity index (χ3v) is 6.81. The quantitative estimate of drug-likeness (QED) is 0.152. The number of amides is 1. The molecule has 0 aliphatic rings. The second kappa shape index (κ2) is 12.7. The van der Waals surface area contributed by atoms with Crippen LogP contribution in [-0.4, -0.2) is 36.6 Å². The van der Waals surface area contributed by atoms with Crippen LogP contribution < -0.4 is 15.8 Å². The van der Waals surface area contributed by atoms with Gasteiger partial charge < -0.3 is 19.7 Å². The Balaban J connectivity index is 1.73. The topological polar surface area (TPSA) is 124 Å². The first-order valence-corrected chi connectivity index (χ1v) is 12.7. The van der Waals surface area contributed by atoms with Crippen molar-refractivity contribution in [3.63, 3.8) is 0 Å². The first-order valence-electron chi connectivity index (χ1n) is 11.9. The highest BCUT2D eigenvalue weighted by Crippen LogP contribution is 2.30. The summed E-state index contributed by atoms with van der Waals surface area (Å²) in [6.07, 6.45) is 3.45. The fourth-order valence-electron chi connectivity index (χ4n) is 3.80. The number of carboxylic acids is 1. The summed E-state index contributed by atoms with van der Waals surface area (Å²) in [6, 6.07) is 13.1. The molecule has 0 spiro atoms. The maximum Gasteiger partial charge on any atom is 0.345 e. The summed E-state index contributed by atoms with van der Waals surface area (Å²) in [7, 11) is 0. The number of hydrogen-bond donors (Lipinski definition) is 2. The molecule has 0 bridgehead atoms. The van der Waals surface area contributed by atoms with Crippen molar-refractivity contribution in [2.75, 3.05) is 24.5 Å². The molecule has 1 aromatic carbocycles. The normalized spacial score (nSPS) is 11.3. The van der Waals surface area contributed by atoms with E-state index in [-0.39, 0.29) is 12.0 Å². The summed E-state index contributed by atoms with van der Waals surface area (Å²) in [5.74, 6) is -1.32. The van der Waals surface area contributed by atoms with Gasteiger partial charge in [0.05, 0.1) is 5.56 Å². The third-order valence-electron chi connectivity index (χ3n) is 5.75. The number of aliphatic carboxylic acids is 1. The molecule has 0 saturated heterocycles. The Morgan fingerprint density at radius 1 is 1.14 bits per heavy atom. The lowest BCUT2D eigenvalue weighted by Crippen LogP contribution is -2.25. The van der Waals surface area contributed by atoms with Gasteiger partial charge in [-0.05, 0) is 63.1 Å². The Labute approximate surface area is 213 Å². The molecule has 0 aliphatic carbocycles. The number of anilines is 1. The summed E-state index contributed by atoms with van der Waals surface area (Å²) in [6.45, 7) is 6.21. The van der Waals surface area contributed by atoms with Crippen molar-refractivity contribution in [1.29, 1.82) is 5.26 Å². The van der Waals surface area contributed by atoms with E-state index in [1.807, 2.05) is 24.3 Å². The summed E-state index contributed by atoms with van der Waals surface area (Å²) in [4.78, 5) is 39.1. The zero-order chi connectivity index (χ0) is 26.1. The molecule has 0 aliphatic heterocycles. The van der Waals surface area contributed by atoms with Crippen LogP contribution in [0.1, 0.15) is 44.4 Å². The minimum Gasteiger partial charge on any atom is -0.481 e. The second-order valence-electron chi connectivity index (χ2n) is 8.17. The molecule has 0 unspecified atom stereocenters. The minimum absolute atomic E-state index is 0.0385. The molecule has 0 radical (unpaired) electrons. The lowest BCUT2D eigenvalue weighted by molar-refractivity contribution is -0.137. The fourth-order valence-corrected chi connectivity index (χ4v) is 4.75. The number of thiophene rings is 1. The van der Waals surface area contributed by atoms with E-state index in [0.29, 0.717) is 46.7 Å². The van der Waals surface area contributed by atoms with Crippen molar-refractivity contribution in [1.82, 2.24) is 5.32 Å². The van der Waals surface area contributed by atoms with Crippen LogP contribution in [0.15, 0.2) is 51.2 Å². The van der Waals surface area contributed by atoms with Crippen LogP contribution in [0.2, 0.25) is 0 Å². The highest BCUT2D eigenvalue weighted by atomic mass is 32.1. The van der Waals surface area contributed by atoms with Crippen molar-refractivity contribution in [3.05, 3.63) is 57.3 Å². The SMILES string of the molecule is CCN(CC)c1ccc2cc(-c3ccc(/C=C(\C#N)C(=O)NCCCCCC(=O)O)s3)c(=O)oc2c1. The highest BCUT2D eigenvalue weighted by molar-refractivity contribution is 7.16. The maximum absolute atomic E-state index is 12.7. The van der Waals surface area contributed by atoms with Gasteiger partial charge in [0.1, 0.15) is 17.2 Å². The van der Waals surface area contributed by atoms with Gasteiger partial charge in [0.25, 0.3) is 5.91 Å². The van der Waals surface area contributed by atoms with Crippen LogP contribution in [0.5, 0.6) is 0 Å². The molecule has 0 fully saturated rings. The number of carbonyl (C=O) groups is 2. The van der Waals surface area contributed by atoms with Gasteiger partial charge in [0.15, 0.2) is 0 Å². The molecule has 0 atom stereocenters. The number of unbranched alkanes of at least 4 members (excludes halogenated alkanes) is 2. The minimum atomic E-state index is -0.838. The molecule has 8 nitrogen and oxygen atoms in total. The van der Waals surface area contributed by atoms with E-state index in [9.17, 15) is 19.6 Å². The predicted octanol–water partition coefficient (Wildman–Crippen LogP) is 5.04. The number of nitrogens with zero attached hydrogens (tertiary/aromatic N) is 2. The lowest BCUT2D eigenvalue weighted by Gasteiger charge is -2.20. The molecule has 2 aromatic heterocycles. The van der Waals surface area contributed by atoms with Crippen LogP contribution in [0.4, 0.5) is 5.69 Å². The van der Waals surface area contributed by atoms with E-state index >= 15 is 0 Å². The smallest absolute Gasteiger partial charge is 0.345 e. The van der Waals surface area contributed by atoms with Crippen molar-refractivity contribution in [2.45, 2.75) is 39.5 Å². The van der Waals surface area contributed by atoms with Crippen LogP contribution >= 0.6 is 11.3 Å². The summed E-state index contributed by atoms with van der Waals surface area (Å²) in [5, 5.41) is 21.6. The fraction of sp³-hybridized carbons (Fsp3) is 0.333. The van der Waals surface area contributed by atoms with E-state index in [1.54, 1.807) is 18.2 Å². The van der Waals surface area contributed by atoms with Gasteiger partial charge >= 0.3 is 11.6 Å². The molecule has 36 heavy (non-hydrogen) atoms. The average molecular weight is 508 g/mol. The van der Waals surface area contributed by atoms with Gasteiger partial charge in [-0.2, -0.15) is 5.26 Å². The molecule has 188 valence electrons. The van der Waals surface area contributed by atoms with E-state index in [1.165, 1.54) is 17.4 Å². The molecule has 2 heterocycles. The molecule has 3 aromatic rings. The van der Waals surface area contributed by atoms with E-state index in [4.69, 9.17) is 9.52 Å². The van der Waals surface area contributed by atoms with Crippen molar-refractivity contribution in [2.24, 2.45) is 0 Å². The molecule has 3 rings (SSSR count). The number of hydrogen-bond acceptors (Lipinski definition) is 7. The predicted molar refractivity (Wildman–Crippen MR) is 142 cm³/mol. The molecule has 0 saturated carbocycles. The first-order chi connectivity index (χ1) is 17.4. The second-order valence-corrected chi connectivity index (χ2v) is 9.29. The summed E-state index contributed by atoms with van der Waals surface area (Å²) < 4.78 is 5.62. The zero-order valence-electron chi connectivity index (χ0n) is 20.4. The van der Waals surface area contributed by atoms with Crippen molar-refractivity contribution < 1.29 is 19.1 Å². The van der Waals surface area contributed by atoms with Gasteiger partial charge in [-0.1, -0.05) is 6.42 Å². The zero-order valence-corrected chi connectivity index (χ0v) is 21.2. The van der Waals surface area contributed by atoms with Gasteiger partial charge in [-0.25, -0.2) is 4.79 Å². The van der Waals surface area contributed by atoms with Crippen molar-refractivity contribution in [3.8, 4) is 16.5 Å². The molecular formula is C27H29N3O5S. The first kappa shape index (κ1) is 26.7. The van der Waals surface area contributed by atoms with Crippen LogP contribution in [0.25, 0.3) is 27.5 Å². The lowest BCUT2D eigenvalue weighted by atomic mass is 10.1. The van der Waals surface area contributed by atoms with Crippen LogP contribution in [0, 0.1) is 11.3 Å². The summed E-state index contributed by atoms with van der Waals surface area (Å²) in [5.41, 5.74) is 1.46. The molecule has 2 N–H and O–H groups in total. The average Bonchev–Trinajstić information content (AvgIpc) is 3.33. The molecular weight excluding hydrogens is 478 g/mol. The molecule has 1 amide bonds. The number of nitriles is 1. The van der Waals surface area contributed by atoms with Gasteiger partial charge in [-0.3, -0.25) is 9.59 Å². The van der Waals surface area contributed by atoms with Gasteiger partial charge in [-0.15, -0.1) is 11.3 Å². The number of rotatable bonds is 12. The number of benzene rings is 1. The largest absolute Gasteiger partial charge is 0.481 e. The number of carboxylic acid groups (broad SMARTS) is 1. The van der Waals surface area contributed by atoms with Crippen LogP contribution in [0.3, 0.4) is 0 Å². The van der Waals surface area contributed by atoms with E-state index < -0.39 is 17.5 Å².